The third-order valence-corrected chi connectivity index (χ3v) is 7.07. The topological polar surface area (TPSA) is 111 Å². The number of benzene rings is 1. The second kappa shape index (κ2) is 7.62. The molecule has 4 rings (SSSR count). The van der Waals surface area contributed by atoms with E-state index >= 15 is 0 Å². The number of carbonyl (C=O) groups excluding carboxylic acids is 1. The largest absolute Gasteiger partial charge is 0.360 e. The highest BCUT2D eigenvalue weighted by Gasteiger charge is 2.33. The Morgan fingerprint density at radius 3 is 2.52 bits per heavy atom. The summed E-state index contributed by atoms with van der Waals surface area (Å²) in [5.41, 5.74) is 2.26. The third kappa shape index (κ3) is 3.38. The zero-order valence-corrected chi connectivity index (χ0v) is 18.3. The molecule has 0 aliphatic carbocycles. The van der Waals surface area contributed by atoms with Gasteiger partial charge in [0, 0.05) is 19.2 Å². The lowest BCUT2D eigenvalue weighted by molar-refractivity contribution is 0.0884. The van der Waals surface area contributed by atoms with Crippen LogP contribution in [0, 0.1) is 13.8 Å². The molecule has 0 spiro atoms. The fourth-order valence-corrected chi connectivity index (χ4v) is 4.87. The van der Waals surface area contributed by atoms with Crippen molar-refractivity contribution in [2.24, 2.45) is 0 Å². The number of fused-ring (bicyclic) bond motifs is 1. The lowest BCUT2D eigenvalue weighted by Gasteiger charge is -2.18. The van der Waals surface area contributed by atoms with E-state index in [0.717, 1.165) is 5.56 Å². The smallest absolute Gasteiger partial charge is 0.271 e. The first-order valence-corrected chi connectivity index (χ1v) is 11.1. The number of amides is 1. The van der Waals surface area contributed by atoms with Crippen LogP contribution in [-0.2, 0) is 16.6 Å². The van der Waals surface area contributed by atoms with Gasteiger partial charge in [0.05, 0.1) is 22.8 Å². The Balaban J connectivity index is 1.89. The van der Waals surface area contributed by atoms with Crippen molar-refractivity contribution >= 4 is 27.0 Å². The van der Waals surface area contributed by atoms with Crippen LogP contribution in [0.5, 0.6) is 0 Å². The first-order valence-electron chi connectivity index (χ1n) is 9.63. The summed E-state index contributed by atoms with van der Waals surface area (Å²) in [5, 5.41) is 8.48. The van der Waals surface area contributed by atoms with Gasteiger partial charge in [0.25, 0.3) is 15.9 Å². The monoisotopic (exact) mass is 439 g/mol. The maximum absolute atomic E-state index is 13.4. The summed E-state index contributed by atoms with van der Waals surface area (Å²) in [5.74, 6) is -0.568. The number of hydrogen-bond donors (Lipinski definition) is 0. The van der Waals surface area contributed by atoms with Gasteiger partial charge in [-0.2, -0.15) is 5.10 Å². The van der Waals surface area contributed by atoms with Gasteiger partial charge in [-0.1, -0.05) is 35.5 Å². The van der Waals surface area contributed by atoms with Crippen LogP contribution >= 0.6 is 0 Å². The van der Waals surface area contributed by atoms with Crippen LogP contribution < -0.4 is 0 Å². The first-order chi connectivity index (χ1) is 14.8. The minimum Gasteiger partial charge on any atom is -0.360 e. The summed E-state index contributed by atoms with van der Waals surface area (Å²) >= 11 is 0. The average Bonchev–Trinajstić information content (AvgIpc) is 3.35. The number of hydrogen-bond acceptors (Lipinski definition) is 7. The standard InChI is InChI=1S/C21H21N5O4S/c1-5-26-20-17(12-22-26)16(11-18(23-20)15-9-7-6-8-10-15)21(27)25(4)31(28,29)19-13(2)24-30-14(19)3/h6-12H,5H2,1-4H3. The molecule has 0 bridgehead atoms. The molecule has 1 aromatic carbocycles. The molecule has 31 heavy (non-hydrogen) atoms. The molecule has 3 heterocycles. The second-order valence-electron chi connectivity index (χ2n) is 7.05. The van der Waals surface area contributed by atoms with E-state index in [4.69, 9.17) is 4.52 Å². The fraction of sp³-hybridized carbons (Fsp3) is 0.238. The highest BCUT2D eigenvalue weighted by atomic mass is 32.2. The van der Waals surface area contributed by atoms with Gasteiger partial charge < -0.3 is 4.52 Å². The van der Waals surface area contributed by atoms with E-state index in [0.29, 0.717) is 27.6 Å². The Morgan fingerprint density at radius 2 is 1.90 bits per heavy atom. The second-order valence-corrected chi connectivity index (χ2v) is 8.96. The molecular formula is C21H21N5O4S. The number of aryl methyl sites for hydroxylation is 3. The van der Waals surface area contributed by atoms with E-state index in [1.54, 1.807) is 10.7 Å². The summed E-state index contributed by atoms with van der Waals surface area (Å²) in [4.78, 5) is 18.0. The summed E-state index contributed by atoms with van der Waals surface area (Å²) in [7, 11) is -2.94. The first kappa shape index (κ1) is 20.7. The predicted octanol–water partition coefficient (Wildman–Crippen LogP) is 3.18. The molecule has 0 aliphatic rings. The van der Waals surface area contributed by atoms with Gasteiger partial charge in [-0.3, -0.25) is 4.79 Å². The Bertz CT molecular complexity index is 1370. The van der Waals surface area contributed by atoms with Crippen LogP contribution in [0.4, 0.5) is 0 Å². The Labute approximate surface area is 179 Å². The maximum atomic E-state index is 13.4. The van der Waals surface area contributed by atoms with E-state index in [-0.39, 0.29) is 21.9 Å². The van der Waals surface area contributed by atoms with Gasteiger partial charge in [-0.25, -0.2) is 22.4 Å². The molecule has 1 amide bonds. The molecule has 0 atom stereocenters. The van der Waals surface area contributed by atoms with Crippen LogP contribution in [-0.4, -0.2) is 45.6 Å². The Kier molecular flexibility index (Phi) is 5.10. The fourth-order valence-electron chi connectivity index (χ4n) is 3.47. The summed E-state index contributed by atoms with van der Waals surface area (Å²) < 4.78 is 33.7. The molecular weight excluding hydrogens is 418 g/mol. The normalized spacial score (nSPS) is 11.7. The highest BCUT2D eigenvalue weighted by molar-refractivity contribution is 7.89. The molecule has 160 valence electrons. The summed E-state index contributed by atoms with van der Waals surface area (Å²) in [6.07, 6.45) is 1.53. The van der Waals surface area contributed by atoms with E-state index in [1.165, 1.54) is 27.1 Å². The van der Waals surface area contributed by atoms with Gasteiger partial charge in [-0.15, -0.1) is 0 Å². The number of nitrogens with zero attached hydrogens (tertiary/aromatic N) is 5. The lowest BCUT2D eigenvalue weighted by atomic mass is 10.1. The molecule has 4 aromatic rings. The van der Waals surface area contributed by atoms with E-state index in [1.807, 2.05) is 37.3 Å². The van der Waals surface area contributed by atoms with Crippen LogP contribution in [0.15, 0.2) is 52.0 Å². The molecule has 9 nitrogen and oxygen atoms in total. The molecule has 0 N–H and O–H groups in total. The van der Waals surface area contributed by atoms with Crippen molar-refractivity contribution in [2.75, 3.05) is 7.05 Å². The van der Waals surface area contributed by atoms with E-state index in [9.17, 15) is 13.2 Å². The minimum absolute atomic E-state index is 0.110. The molecule has 0 saturated heterocycles. The molecule has 0 saturated carbocycles. The zero-order chi connectivity index (χ0) is 22.3. The van der Waals surface area contributed by atoms with Crippen molar-refractivity contribution < 1.29 is 17.7 Å². The van der Waals surface area contributed by atoms with Gasteiger partial charge in [0.15, 0.2) is 16.3 Å². The number of sulfonamides is 1. The van der Waals surface area contributed by atoms with E-state index < -0.39 is 15.9 Å². The maximum Gasteiger partial charge on any atom is 0.271 e. The Hall–Kier alpha value is -3.53. The molecule has 0 aliphatic heterocycles. The van der Waals surface area contributed by atoms with Gasteiger partial charge in [0.2, 0.25) is 0 Å². The molecule has 0 unspecified atom stereocenters. The van der Waals surface area contributed by atoms with Gasteiger partial charge >= 0.3 is 0 Å². The molecule has 10 heteroatoms. The van der Waals surface area contributed by atoms with Crippen LogP contribution in [0.1, 0.15) is 28.7 Å². The number of carbonyl (C=O) groups is 1. The van der Waals surface area contributed by atoms with Crippen molar-refractivity contribution in [2.45, 2.75) is 32.2 Å². The summed E-state index contributed by atoms with van der Waals surface area (Å²) in [6.45, 7) is 5.48. The SMILES string of the molecule is CCn1ncc2c(C(=O)N(C)S(=O)(=O)c3c(C)noc3C)cc(-c3ccccc3)nc21. The van der Waals surface area contributed by atoms with Crippen molar-refractivity contribution in [3.05, 3.63) is 59.6 Å². The van der Waals surface area contributed by atoms with Gasteiger partial charge in [0.1, 0.15) is 5.69 Å². The third-order valence-electron chi connectivity index (χ3n) is 5.08. The predicted molar refractivity (Wildman–Crippen MR) is 114 cm³/mol. The number of aromatic nitrogens is 4. The molecule has 0 fully saturated rings. The van der Waals surface area contributed by atoms with Crippen LogP contribution in [0.25, 0.3) is 22.3 Å². The summed E-state index contributed by atoms with van der Waals surface area (Å²) in [6, 6.07) is 11.0. The van der Waals surface area contributed by atoms with Crippen molar-refractivity contribution in [1.29, 1.82) is 0 Å². The highest BCUT2D eigenvalue weighted by Crippen LogP contribution is 2.28. The Morgan fingerprint density at radius 1 is 1.19 bits per heavy atom. The van der Waals surface area contributed by atoms with Crippen molar-refractivity contribution in [3.63, 3.8) is 0 Å². The minimum atomic E-state index is -4.17. The van der Waals surface area contributed by atoms with Crippen molar-refractivity contribution in [3.8, 4) is 11.3 Å². The van der Waals surface area contributed by atoms with E-state index in [2.05, 4.69) is 15.2 Å². The zero-order valence-electron chi connectivity index (χ0n) is 17.5. The number of rotatable bonds is 5. The lowest BCUT2D eigenvalue weighted by Crippen LogP contribution is -2.34. The number of pyridine rings is 1. The van der Waals surface area contributed by atoms with Crippen LogP contribution in [0.2, 0.25) is 0 Å². The molecule has 3 aromatic heterocycles. The van der Waals surface area contributed by atoms with Gasteiger partial charge in [-0.05, 0) is 26.8 Å². The average molecular weight is 439 g/mol. The van der Waals surface area contributed by atoms with Crippen LogP contribution in [0.3, 0.4) is 0 Å². The quantitative estimate of drug-likeness (QED) is 0.469. The molecule has 0 radical (unpaired) electrons. The van der Waals surface area contributed by atoms with Crippen molar-refractivity contribution in [1.82, 2.24) is 24.2 Å².